The van der Waals surface area contributed by atoms with Crippen LogP contribution in [-0.2, 0) is 23.9 Å². The second-order valence-electron chi connectivity index (χ2n) is 11.5. The molecule has 3 aliphatic rings. The topological polar surface area (TPSA) is 105 Å². The van der Waals surface area contributed by atoms with Gasteiger partial charge in [-0.15, -0.1) is 0 Å². The average molecular weight is 501 g/mol. The first-order valence-corrected chi connectivity index (χ1v) is 13.1. The van der Waals surface area contributed by atoms with Crippen molar-refractivity contribution in [1.29, 1.82) is 0 Å². The van der Waals surface area contributed by atoms with Crippen LogP contribution in [0.5, 0.6) is 0 Å². The largest absolute Gasteiger partial charge is 0.466 e. The zero-order valence-corrected chi connectivity index (χ0v) is 22.5. The van der Waals surface area contributed by atoms with Crippen molar-refractivity contribution in [1.82, 2.24) is 4.90 Å². The molecular weight excluding hydrogens is 460 g/mol. The minimum Gasteiger partial charge on any atom is -0.466 e. The smallest absolute Gasteiger partial charge is 0.312 e. The first-order valence-electron chi connectivity index (χ1n) is 13.1. The van der Waals surface area contributed by atoms with E-state index in [-0.39, 0.29) is 36.9 Å². The number of amides is 2. The fourth-order valence-corrected chi connectivity index (χ4v) is 6.85. The van der Waals surface area contributed by atoms with Crippen LogP contribution in [0.15, 0.2) is 18.2 Å². The number of carbonyl (C=O) groups is 3. The van der Waals surface area contributed by atoms with Gasteiger partial charge in [-0.3, -0.25) is 14.4 Å². The third-order valence-electron chi connectivity index (χ3n) is 8.54. The summed E-state index contributed by atoms with van der Waals surface area (Å²) in [5.74, 6) is -2.67. The van der Waals surface area contributed by atoms with E-state index in [9.17, 15) is 19.5 Å². The van der Waals surface area contributed by atoms with E-state index in [4.69, 9.17) is 9.47 Å². The highest BCUT2D eigenvalue weighted by atomic mass is 16.6. The normalized spacial score (nSPS) is 33.7. The highest BCUT2D eigenvalue weighted by molar-refractivity contribution is 6.04. The standard InChI is InChI=1S/C28H40N2O6/c1-8-35-26(34)22-21-25(33)30(19(14-31)11-15(2)3)23(28(21)13-18(6)27(22,7)36-28)24(32)29-20-12-16(4)9-10-17(20)5/h9-10,12,15,18-19,21-23,31H,8,11,13-14H2,1-7H3,(H,29,32)/t18?,19-,21+,22-,23?,27+,28?/m1/s1. The summed E-state index contributed by atoms with van der Waals surface area (Å²) in [6.07, 6.45) is 0.992. The number of aryl methyl sites for hydroxylation is 2. The lowest BCUT2D eigenvalue weighted by Gasteiger charge is -2.37. The molecule has 3 aliphatic heterocycles. The van der Waals surface area contributed by atoms with Crippen LogP contribution in [0, 0.1) is 37.5 Å². The highest BCUT2D eigenvalue weighted by Gasteiger charge is 2.80. The predicted molar refractivity (Wildman–Crippen MR) is 135 cm³/mol. The Hall–Kier alpha value is -2.45. The van der Waals surface area contributed by atoms with Crippen LogP contribution in [-0.4, -0.2) is 64.3 Å². The van der Waals surface area contributed by atoms with Crippen molar-refractivity contribution in [3.8, 4) is 0 Å². The van der Waals surface area contributed by atoms with E-state index in [1.807, 2.05) is 59.7 Å². The molecule has 2 amide bonds. The number of ether oxygens (including phenoxy) is 2. The Balaban J connectivity index is 1.83. The zero-order valence-electron chi connectivity index (χ0n) is 22.5. The molecule has 0 radical (unpaired) electrons. The van der Waals surface area contributed by atoms with Gasteiger partial charge in [0.05, 0.1) is 30.8 Å². The van der Waals surface area contributed by atoms with Crippen molar-refractivity contribution in [2.24, 2.45) is 23.7 Å². The number of rotatable bonds is 8. The lowest BCUT2D eigenvalue weighted by atomic mass is 9.62. The van der Waals surface area contributed by atoms with Gasteiger partial charge in [0.15, 0.2) is 0 Å². The van der Waals surface area contributed by atoms with Crippen molar-refractivity contribution in [3.63, 3.8) is 0 Å². The number of likely N-dealkylation sites (tertiary alicyclic amines) is 1. The van der Waals surface area contributed by atoms with Gasteiger partial charge in [-0.2, -0.15) is 0 Å². The SMILES string of the molecule is CCOC(=O)[C@H]1[C@H]2C(=O)N([C@@H](CO)CC(C)C)C(C(=O)Nc3cc(C)ccc3C)C23CC(C)[C@]1(C)O3. The number of aliphatic hydroxyl groups is 1. The molecule has 8 nitrogen and oxygen atoms in total. The van der Waals surface area contributed by atoms with Gasteiger partial charge >= 0.3 is 5.97 Å². The molecule has 4 rings (SSSR count). The molecule has 3 unspecified atom stereocenters. The molecular formula is C28H40N2O6. The maximum absolute atomic E-state index is 14.2. The summed E-state index contributed by atoms with van der Waals surface area (Å²) >= 11 is 0. The number of benzene rings is 1. The van der Waals surface area contributed by atoms with Crippen LogP contribution >= 0.6 is 0 Å². The summed E-state index contributed by atoms with van der Waals surface area (Å²) in [5.41, 5.74) is 0.491. The average Bonchev–Trinajstić information content (AvgIpc) is 3.31. The van der Waals surface area contributed by atoms with Gasteiger partial charge in [0.2, 0.25) is 11.8 Å². The summed E-state index contributed by atoms with van der Waals surface area (Å²) in [6, 6.07) is 4.27. The van der Waals surface area contributed by atoms with E-state index >= 15 is 0 Å². The van der Waals surface area contributed by atoms with Gasteiger partial charge < -0.3 is 24.8 Å². The van der Waals surface area contributed by atoms with E-state index < -0.39 is 41.1 Å². The number of fused-ring (bicyclic) bond motifs is 1. The summed E-state index contributed by atoms with van der Waals surface area (Å²) in [7, 11) is 0. The Kier molecular flexibility index (Phi) is 6.99. The second kappa shape index (κ2) is 9.45. The van der Waals surface area contributed by atoms with E-state index in [1.54, 1.807) is 6.92 Å². The maximum Gasteiger partial charge on any atom is 0.312 e. The third kappa shape index (κ3) is 3.93. The zero-order chi connectivity index (χ0) is 26.6. The van der Waals surface area contributed by atoms with Crippen LogP contribution in [0.1, 0.15) is 58.6 Å². The Morgan fingerprint density at radius 2 is 2.00 bits per heavy atom. The number of anilines is 1. The monoisotopic (exact) mass is 500 g/mol. The van der Waals surface area contributed by atoms with Crippen LogP contribution in [0.25, 0.3) is 0 Å². The summed E-state index contributed by atoms with van der Waals surface area (Å²) in [4.78, 5) is 43.0. The van der Waals surface area contributed by atoms with Crippen molar-refractivity contribution in [2.75, 3.05) is 18.5 Å². The number of esters is 1. The number of hydrogen-bond donors (Lipinski definition) is 2. The first-order chi connectivity index (χ1) is 16.9. The van der Waals surface area contributed by atoms with E-state index in [2.05, 4.69) is 5.32 Å². The molecule has 0 aliphatic carbocycles. The molecule has 1 aromatic rings. The lowest BCUT2D eigenvalue weighted by molar-refractivity contribution is -0.162. The Morgan fingerprint density at radius 3 is 2.61 bits per heavy atom. The molecule has 2 bridgehead atoms. The number of nitrogens with zero attached hydrogens (tertiary/aromatic N) is 1. The molecule has 2 N–H and O–H groups in total. The first kappa shape index (κ1) is 26.6. The van der Waals surface area contributed by atoms with Crippen LogP contribution < -0.4 is 5.32 Å². The maximum atomic E-state index is 14.2. The summed E-state index contributed by atoms with van der Waals surface area (Å²) in [6.45, 7) is 13.4. The molecule has 0 saturated carbocycles. The van der Waals surface area contributed by atoms with Crippen LogP contribution in [0.4, 0.5) is 5.69 Å². The molecule has 1 spiro atoms. The minimum atomic E-state index is -1.17. The number of aliphatic hydroxyl groups excluding tert-OH is 1. The van der Waals surface area contributed by atoms with Gasteiger partial charge in [0.1, 0.15) is 17.6 Å². The fraction of sp³-hybridized carbons (Fsp3) is 0.679. The van der Waals surface area contributed by atoms with Crippen molar-refractivity contribution >= 4 is 23.5 Å². The molecule has 3 fully saturated rings. The molecule has 198 valence electrons. The van der Waals surface area contributed by atoms with Gasteiger partial charge in [-0.25, -0.2) is 0 Å². The number of carbonyl (C=O) groups excluding carboxylic acids is 3. The summed E-state index contributed by atoms with van der Waals surface area (Å²) < 4.78 is 12.1. The predicted octanol–water partition coefficient (Wildman–Crippen LogP) is 3.22. The fourth-order valence-electron chi connectivity index (χ4n) is 6.85. The van der Waals surface area contributed by atoms with Gasteiger partial charge in [-0.05, 0) is 69.6 Å². The highest BCUT2D eigenvalue weighted by Crippen LogP contribution is 2.65. The second-order valence-corrected chi connectivity index (χ2v) is 11.5. The third-order valence-corrected chi connectivity index (χ3v) is 8.54. The molecule has 0 aromatic heterocycles. The minimum absolute atomic E-state index is 0.0652. The Labute approximate surface area is 213 Å². The van der Waals surface area contributed by atoms with Crippen molar-refractivity contribution < 1.29 is 29.0 Å². The number of hydrogen-bond acceptors (Lipinski definition) is 6. The Morgan fingerprint density at radius 1 is 1.31 bits per heavy atom. The van der Waals surface area contributed by atoms with Gasteiger partial charge in [0.25, 0.3) is 0 Å². The van der Waals surface area contributed by atoms with Gasteiger partial charge in [-0.1, -0.05) is 32.9 Å². The van der Waals surface area contributed by atoms with E-state index in [0.717, 1.165) is 11.1 Å². The number of nitrogens with one attached hydrogen (secondary N) is 1. The molecule has 36 heavy (non-hydrogen) atoms. The van der Waals surface area contributed by atoms with Gasteiger partial charge in [0, 0.05) is 5.69 Å². The van der Waals surface area contributed by atoms with E-state index in [1.165, 1.54) is 4.90 Å². The Bertz CT molecular complexity index is 1060. The molecule has 8 heteroatoms. The molecule has 3 saturated heterocycles. The molecule has 7 atom stereocenters. The van der Waals surface area contributed by atoms with Crippen LogP contribution in [0.2, 0.25) is 0 Å². The van der Waals surface area contributed by atoms with Crippen molar-refractivity contribution in [2.45, 2.75) is 84.6 Å². The summed E-state index contributed by atoms with van der Waals surface area (Å²) in [5, 5.41) is 13.4. The molecule has 3 heterocycles. The van der Waals surface area contributed by atoms with E-state index in [0.29, 0.717) is 18.5 Å². The lowest BCUT2D eigenvalue weighted by Crippen LogP contribution is -2.56. The van der Waals surface area contributed by atoms with Crippen LogP contribution in [0.3, 0.4) is 0 Å². The van der Waals surface area contributed by atoms with Crippen molar-refractivity contribution in [3.05, 3.63) is 29.3 Å². The quantitative estimate of drug-likeness (QED) is 0.531. The molecule has 1 aromatic carbocycles.